The fraction of sp³-hybridized carbons (Fsp3) is 0.383. The van der Waals surface area contributed by atoms with Crippen molar-refractivity contribution in [2.45, 2.75) is 117 Å². The number of ether oxygens (including phenoxy) is 2. The first-order valence-electron chi connectivity index (χ1n) is 25.0. The molecular formula is C60H78Cl6N2O5. The van der Waals surface area contributed by atoms with Crippen LogP contribution in [0.5, 0.6) is 0 Å². The predicted molar refractivity (Wildman–Crippen MR) is 313 cm³/mol. The monoisotopic (exact) mass is 1120 g/mol. The van der Waals surface area contributed by atoms with E-state index in [1.807, 2.05) is 86.8 Å². The summed E-state index contributed by atoms with van der Waals surface area (Å²) < 4.78 is 10.7. The van der Waals surface area contributed by atoms with Gasteiger partial charge in [-0.05, 0) is 160 Å². The lowest BCUT2D eigenvalue weighted by Gasteiger charge is -2.23. The van der Waals surface area contributed by atoms with Gasteiger partial charge in [0.1, 0.15) is 0 Å². The van der Waals surface area contributed by atoms with Gasteiger partial charge in [0.25, 0.3) is 5.91 Å². The second kappa shape index (κ2) is 40.6. The molecule has 4 N–H and O–H groups in total. The molecule has 0 bridgehead atoms. The lowest BCUT2D eigenvalue weighted by atomic mass is 9.96. The third kappa shape index (κ3) is 31.1. The van der Waals surface area contributed by atoms with Crippen molar-refractivity contribution in [2.24, 2.45) is 0 Å². The number of nitrogens with one attached hydrogen (secondary N) is 2. The van der Waals surface area contributed by atoms with Crippen LogP contribution in [0.3, 0.4) is 0 Å². The van der Waals surface area contributed by atoms with Gasteiger partial charge in [0, 0.05) is 68.1 Å². The highest BCUT2D eigenvalue weighted by Crippen LogP contribution is 2.23. The van der Waals surface area contributed by atoms with Crippen LogP contribution in [0.15, 0.2) is 146 Å². The predicted octanol–water partition coefficient (Wildman–Crippen LogP) is 17.8. The molecule has 6 rings (SSSR count). The number of benzene rings is 6. The normalized spacial score (nSPS) is 11.9. The van der Waals surface area contributed by atoms with Crippen molar-refractivity contribution in [3.05, 3.63) is 209 Å². The molecule has 0 fully saturated rings. The zero-order valence-electron chi connectivity index (χ0n) is 43.9. The maximum atomic E-state index is 11.4. The highest BCUT2D eigenvalue weighted by molar-refractivity contribution is 6.32. The number of aliphatic hydroxyl groups is 2. The largest absolute Gasteiger partial charge is 0.388 e. The lowest BCUT2D eigenvalue weighted by molar-refractivity contribution is -0.127. The van der Waals surface area contributed by atoms with E-state index < -0.39 is 5.60 Å². The number of halogens is 6. The second-order valence-corrected chi connectivity index (χ2v) is 19.6. The van der Waals surface area contributed by atoms with E-state index in [1.54, 1.807) is 62.6 Å². The summed E-state index contributed by atoms with van der Waals surface area (Å²) in [5, 5.41) is 29.7. The smallest absolute Gasteiger partial charge is 0.251 e. The number of rotatable bonds is 19. The Kier molecular flexibility index (Phi) is 37.5. The van der Waals surface area contributed by atoms with E-state index in [4.69, 9.17) is 79.1 Å². The number of unbranched alkanes of at least 4 members (excludes halogenated alkanes) is 1. The van der Waals surface area contributed by atoms with Crippen molar-refractivity contribution in [1.29, 1.82) is 0 Å². The average molecular weight is 1120 g/mol. The standard InChI is InChI=1S/C11H15ClO2.C10H14ClNO.C10H12ClNO.C10H13ClO.C10H13Cl.C9H11Cl/c1-3-8-14-11(13-2)9-4-6-10(12)7-5-9;1-10(13,7-12-2)8-3-5-9(11)6-4-8;1-2-7-12-10(13)8-3-5-9(11)6-4-8;1-2-3-10(12)8-4-6-9(11)7-5-8;1-2-3-4-9-5-7-10(11)8-6-9;1-2-3-8-4-6-9(10)7-5-8/h4-7,11H,3,8H2,1-2H3;3-6,12-13H,7H2,1-2H3;3-6H,2,7H2,1H3,(H,12,13);4-7,10,12H,2-3H2,1H3;5-8H,2-4H2,1H3;4-7H,2-3H2,1H3. The van der Waals surface area contributed by atoms with Crippen LogP contribution in [0.2, 0.25) is 30.1 Å². The molecule has 7 nitrogen and oxygen atoms in total. The van der Waals surface area contributed by atoms with Crippen LogP contribution in [0, 0.1) is 0 Å². The number of hydrogen-bond acceptors (Lipinski definition) is 6. The lowest BCUT2D eigenvalue weighted by Crippen LogP contribution is -2.33. The number of carbonyl (C=O) groups excluding carboxylic acids is 1. The molecule has 400 valence electrons. The van der Waals surface area contributed by atoms with Gasteiger partial charge >= 0.3 is 0 Å². The molecule has 6 aromatic rings. The van der Waals surface area contributed by atoms with Gasteiger partial charge in [-0.25, -0.2) is 0 Å². The van der Waals surface area contributed by atoms with Gasteiger partial charge in [-0.15, -0.1) is 0 Å². The first-order chi connectivity index (χ1) is 35.0. The molecule has 0 aromatic heterocycles. The van der Waals surface area contributed by atoms with Crippen LogP contribution >= 0.6 is 69.6 Å². The van der Waals surface area contributed by atoms with Crippen molar-refractivity contribution in [1.82, 2.24) is 10.6 Å². The summed E-state index contributed by atoms with van der Waals surface area (Å²) in [5.41, 5.74) is 5.37. The fourth-order valence-electron chi connectivity index (χ4n) is 6.44. The summed E-state index contributed by atoms with van der Waals surface area (Å²) in [4.78, 5) is 11.4. The van der Waals surface area contributed by atoms with E-state index >= 15 is 0 Å². The molecule has 0 heterocycles. The van der Waals surface area contributed by atoms with Crippen molar-refractivity contribution in [3.63, 3.8) is 0 Å². The maximum Gasteiger partial charge on any atom is 0.251 e. The van der Waals surface area contributed by atoms with E-state index in [2.05, 4.69) is 62.6 Å². The molecule has 1 amide bonds. The van der Waals surface area contributed by atoms with Gasteiger partial charge in [0.15, 0.2) is 6.29 Å². The highest BCUT2D eigenvalue weighted by atomic mass is 35.5. The number of amides is 1. The molecule has 3 unspecified atom stereocenters. The quantitative estimate of drug-likeness (QED) is 0.0603. The third-order valence-electron chi connectivity index (χ3n) is 10.5. The second-order valence-electron chi connectivity index (χ2n) is 17.0. The summed E-state index contributed by atoms with van der Waals surface area (Å²) in [5.74, 6) is -0.0430. The Morgan fingerprint density at radius 2 is 0.986 bits per heavy atom. The topological polar surface area (TPSA) is 100 Å². The van der Waals surface area contributed by atoms with Crippen LogP contribution in [0.1, 0.15) is 137 Å². The molecule has 0 saturated heterocycles. The number of likely N-dealkylation sites (N-methyl/N-ethyl adjacent to an activating group) is 1. The fourth-order valence-corrected chi connectivity index (χ4v) is 7.19. The molecular weight excluding hydrogens is 1040 g/mol. The van der Waals surface area contributed by atoms with E-state index in [-0.39, 0.29) is 18.3 Å². The Bertz CT molecular complexity index is 2280. The van der Waals surface area contributed by atoms with E-state index in [1.165, 1.54) is 36.8 Å². The van der Waals surface area contributed by atoms with Gasteiger partial charge in [-0.1, -0.05) is 184 Å². The summed E-state index contributed by atoms with van der Waals surface area (Å²) in [6.45, 7) is 14.2. The Hall–Kier alpha value is -3.67. The zero-order valence-corrected chi connectivity index (χ0v) is 48.4. The molecule has 0 aliphatic rings. The Morgan fingerprint density at radius 1 is 0.562 bits per heavy atom. The van der Waals surface area contributed by atoms with Crippen molar-refractivity contribution in [2.75, 3.05) is 33.9 Å². The molecule has 0 spiro atoms. The van der Waals surface area contributed by atoms with Gasteiger partial charge in [-0.3, -0.25) is 4.79 Å². The highest BCUT2D eigenvalue weighted by Gasteiger charge is 2.21. The van der Waals surface area contributed by atoms with Crippen molar-refractivity contribution >= 4 is 75.5 Å². The number of aliphatic hydroxyl groups excluding tert-OH is 1. The molecule has 0 saturated carbocycles. The first kappa shape index (κ1) is 67.3. The minimum Gasteiger partial charge on any atom is -0.388 e. The first-order valence-corrected chi connectivity index (χ1v) is 27.2. The summed E-state index contributed by atoms with van der Waals surface area (Å²) in [6.07, 6.45) is 9.13. The number of aryl methyl sites for hydroxylation is 2. The Balaban J connectivity index is 0.000000439. The molecule has 0 aliphatic heterocycles. The minimum atomic E-state index is -0.834. The number of carbonyl (C=O) groups is 1. The minimum absolute atomic E-state index is 0.0430. The Morgan fingerprint density at radius 3 is 1.38 bits per heavy atom. The van der Waals surface area contributed by atoms with Crippen LogP contribution in [-0.2, 0) is 27.9 Å². The average Bonchev–Trinajstić information content (AvgIpc) is 3.38. The van der Waals surface area contributed by atoms with Crippen LogP contribution < -0.4 is 10.6 Å². The van der Waals surface area contributed by atoms with Gasteiger partial charge in [0.05, 0.1) is 11.7 Å². The summed E-state index contributed by atoms with van der Waals surface area (Å²) in [7, 11) is 3.44. The van der Waals surface area contributed by atoms with Crippen molar-refractivity contribution in [3.8, 4) is 0 Å². The van der Waals surface area contributed by atoms with Gasteiger partial charge in [-0.2, -0.15) is 0 Å². The summed E-state index contributed by atoms with van der Waals surface area (Å²) in [6, 6.07) is 45.0. The number of methoxy groups -OCH3 is 1. The Labute approximate surface area is 467 Å². The SMILES string of the molecule is CCCC(O)c1ccc(Cl)cc1.CCCCc1ccc(Cl)cc1.CCCNC(=O)c1ccc(Cl)cc1.CCCOC(OC)c1ccc(Cl)cc1.CCCc1ccc(Cl)cc1.CNCC(C)(O)c1ccc(Cl)cc1. The molecule has 73 heavy (non-hydrogen) atoms. The van der Waals surface area contributed by atoms with E-state index in [0.29, 0.717) is 40.3 Å². The molecule has 6 aromatic carbocycles. The zero-order chi connectivity index (χ0) is 54.4. The van der Waals surface area contributed by atoms with Crippen molar-refractivity contribution < 1.29 is 24.5 Å². The van der Waals surface area contributed by atoms with E-state index in [9.17, 15) is 15.0 Å². The molecule has 13 heteroatoms. The van der Waals surface area contributed by atoms with E-state index in [0.717, 1.165) is 63.9 Å². The molecule has 3 atom stereocenters. The van der Waals surface area contributed by atoms with Gasteiger partial charge < -0.3 is 30.3 Å². The maximum absolute atomic E-state index is 11.4. The van der Waals surface area contributed by atoms with Crippen LogP contribution in [0.25, 0.3) is 0 Å². The summed E-state index contributed by atoms with van der Waals surface area (Å²) >= 11 is 34.4. The third-order valence-corrected chi connectivity index (χ3v) is 12.0. The van der Waals surface area contributed by atoms with Crippen LogP contribution in [0.4, 0.5) is 0 Å². The number of hydrogen-bond donors (Lipinski definition) is 4. The van der Waals surface area contributed by atoms with Gasteiger partial charge in [0.2, 0.25) is 0 Å². The van der Waals surface area contributed by atoms with Crippen LogP contribution in [-0.4, -0.2) is 50.0 Å². The molecule has 0 radical (unpaired) electrons. The molecule has 0 aliphatic carbocycles.